The zero-order valence-corrected chi connectivity index (χ0v) is 16.1. The van der Waals surface area contributed by atoms with E-state index in [0.29, 0.717) is 19.0 Å². The molecule has 2 fully saturated rings. The average molecular weight is 423 g/mol. The fourth-order valence-corrected chi connectivity index (χ4v) is 3.59. The maximum absolute atomic E-state index is 12.7. The van der Waals surface area contributed by atoms with Gasteiger partial charge in [0.1, 0.15) is 0 Å². The lowest BCUT2D eigenvalue weighted by Crippen LogP contribution is -2.33. The number of pyridine rings is 1. The van der Waals surface area contributed by atoms with E-state index in [1.807, 2.05) is 36.1 Å². The number of aryl methyl sites for hydroxylation is 1. The molecule has 160 valence electrons. The van der Waals surface area contributed by atoms with Crippen LogP contribution < -0.4 is 4.90 Å². The van der Waals surface area contributed by atoms with E-state index < -0.39 is 12.1 Å². The Balaban J connectivity index is 0.000000318. The summed E-state index contributed by atoms with van der Waals surface area (Å²) in [5.74, 6) is -1.38. The van der Waals surface area contributed by atoms with Gasteiger partial charge in [0.2, 0.25) is 11.9 Å². The van der Waals surface area contributed by atoms with Crippen LogP contribution in [0.25, 0.3) is 0 Å². The van der Waals surface area contributed by atoms with Crippen LogP contribution in [-0.4, -0.2) is 62.6 Å². The predicted molar refractivity (Wildman–Crippen MR) is 99.3 cm³/mol. The van der Waals surface area contributed by atoms with Crippen molar-refractivity contribution in [2.24, 2.45) is 11.8 Å². The van der Waals surface area contributed by atoms with Gasteiger partial charge in [-0.1, -0.05) is 6.07 Å². The molecule has 4 rings (SSSR count). The topological polar surface area (TPSA) is 99.5 Å². The van der Waals surface area contributed by atoms with Gasteiger partial charge in [0.25, 0.3) is 0 Å². The number of halogens is 3. The number of hydrogen-bond acceptors (Lipinski definition) is 6. The van der Waals surface area contributed by atoms with Gasteiger partial charge in [0, 0.05) is 43.6 Å². The molecule has 2 atom stereocenters. The van der Waals surface area contributed by atoms with Gasteiger partial charge < -0.3 is 14.9 Å². The van der Waals surface area contributed by atoms with Crippen LogP contribution in [0.1, 0.15) is 11.4 Å². The highest BCUT2D eigenvalue weighted by molar-refractivity contribution is 5.83. The zero-order valence-electron chi connectivity index (χ0n) is 16.1. The SMILES string of the molecule is Cc1cccc(CN2C[C@@H]3CN(c4ncccn4)C[C@@H]3C2=O)n1.O=C(O)C(F)(F)F. The summed E-state index contributed by atoms with van der Waals surface area (Å²) in [5.41, 5.74) is 1.95. The standard InChI is InChI=1S/C17H19N5O.C2HF3O2/c1-12-4-2-5-14(20-12)10-21-8-13-9-22(11-15(13)16(21)23)17-18-6-3-7-19-17;3-2(4,5)1(6)7/h2-7,13,15H,8-11H2,1H3;(H,6,7)/t13-,15+;/m1./s1. The molecule has 11 heteroatoms. The molecular formula is C19H20F3N5O3. The van der Waals surface area contributed by atoms with Crippen molar-refractivity contribution in [1.29, 1.82) is 0 Å². The van der Waals surface area contributed by atoms with E-state index in [2.05, 4.69) is 19.9 Å². The van der Waals surface area contributed by atoms with Gasteiger partial charge in [-0.05, 0) is 25.1 Å². The second-order valence-electron chi connectivity index (χ2n) is 7.11. The van der Waals surface area contributed by atoms with Crippen LogP contribution in [0.2, 0.25) is 0 Å². The largest absolute Gasteiger partial charge is 0.490 e. The van der Waals surface area contributed by atoms with Gasteiger partial charge in [0.15, 0.2) is 0 Å². The van der Waals surface area contributed by atoms with Crippen LogP contribution in [-0.2, 0) is 16.1 Å². The average Bonchev–Trinajstić information content (AvgIpc) is 3.22. The van der Waals surface area contributed by atoms with Gasteiger partial charge >= 0.3 is 12.1 Å². The molecule has 0 bridgehead atoms. The number of aromatic nitrogens is 3. The zero-order chi connectivity index (χ0) is 21.9. The molecule has 2 aliphatic heterocycles. The van der Waals surface area contributed by atoms with E-state index in [0.717, 1.165) is 30.4 Å². The van der Waals surface area contributed by atoms with Crippen LogP contribution in [0.3, 0.4) is 0 Å². The summed E-state index contributed by atoms with van der Waals surface area (Å²) in [6.07, 6.45) is -1.60. The Kier molecular flexibility index (Phi) is 6.18. The summed E-state index contributed by atoms with van der Waals surface area (Å²) in [6, 6.07) is 7.76. The summed E-state index contributed by atoms with van der Waals surface area (Å²) < 4.78 is 31.7. The van der Waals surface area contributed by atoms with Gasteiger partial charge in [-0.2, -0.15) is 13.2 Å². The van der Waals surface area contributed by atoms with Gasteiger partial charge in [0.05, 0.1) is 18.2 Å². The molecule has 0 spiro atoms. The molecule has 2 aromatic rings. The summed E-state index contributed by atoms with van der Waals surface area (Å²) in [7, 11) is 0. The van der Waals surface area contributed by atoms with Gasteiger partial charge in [-0.3, -0.25) is 9.78 Å². The Morgan fingerprint density at radius 1 is 1.17 bits per heavy atom. The maximum Gasteiger partial charge on any atom is 0.490 e. The number of nitrogens with zero attached hydrogens (tertiary/aromatic N) is 5. The molecule has 4 heterocycles. The minimum Gasteiger partial charge on any atom is -0.475 e. The Labute approximate surface area is 170 Å². The lowest BCUT2D eigenvalue weighted by Gasteiger charge is -2.21. The Hall–Kier alpha value is -3.24. The summed E-state index contributed by atoms with van der Waals surface area (Å²) >= 11 is 0. The highest BCUT2D eigenvalue weighted by Gasteiger charge is 2.46. The lowest BCUT2D eigenvalue weighted by molar-refractivity contribution is -0.192. The number of aliphatic carboxylic acids is 1. The minimum atomic E-state index is -5.08. The molecule has 0 saturated carbocycles. The van der Waals surface area contributed by atoms with Crippen molar-refractivity contribution in [1.82, 2.24) is 19.9 Å². The van der Waals surface area contributed by atoms with Crippen molar-refractivity contribution in [3.63, 3.8) is 0 Å². The number of carbonyl (C=O) groups is 2. The number of anilines is 1. The number of rotatable bonds is 3. The molecule has 30 heavy (non-hydrogen) atoms. The minimum absolute atomic E-state index is 0.0589. The monoisotopic (exact) mass is 423 g/mol. The first-order valence-corrected chi connectivity index (χ1v) is 9.18. The molecular weight excluding hydrogens is 403 g/mol. The summed E-state index contributed by atoms with van der Waals surface area (Å²) in [4.78, 5) is 38.7. The van der Waals surface area contributed by atoms with Crippen molar-refractivity contribution in [2.75, 3.05) is 24.5 Å². The van der Waals surface area contributed by atoms with E-state index in [1.165, 1.54) is 0 Å². The van der Waals surface area contributed by atoms with Crippen molar-refractivity contribution in [3.8, 4) is 0 Å². The van der Waals surface area contributed by atoms with Crippen LogP contribution in [0, 0.1) is 18.8 Å². The third kappa shape index (κ3) is 5.02. The number of carboxylic acid groups (broad SMARTS) is 1. The van der Waals surface area contributed by atoms with Crippen molar-refractivity contribution < 1.29 is 27.9 Å². The summed E-state index contributed by atoms with van der Waals surface area (Å²) in [5, 5.41) is 7.12. The second-order valence-corrected chi connectivity index (χ2v) is 7.11. The lowest BCUT2D eigenvalue weighted by atomic mass is 10.0. The number of likely N-dealkylation sites (tertiary alicyclic amines) is 1. The number of carboxylic acids is 1. The first-order valence-electron chi connectivity index (χ1n) is 9.18. The van der Waals surface area contributed by atoms with Gasteiger partial charge in [-0.25, -0.2) is 14.8 Å². The fraction of sp³-hybridized carbons (Fsp3) is 0.421. The Morgan fingerprint density at radius 3 is 2.40 bits per heavy atom. The number of hydrogen-bond donors (Lipinski definition) is 1. The number of carbonyl (C=O) groups excluding carboxylic acids is 1. The Bertz CT molecular complexity index is 910. The third-order valence-electron chi connectivity index (χ3n) is 4.90. The molecule has 0 unspecified atom stereocenters. The fourth-order valence-electron chi connectivity index (χ4n) is 3.59. The van der Waals surface area contributed by atoms with E-state index in [9.17, 15) is 18.0 Å². The van der Waals surface area contributed by atoms with E-state index in [1.54, 1.807) is 12.4 Å². The van der Waals surface area contributed by atoms with Crippen molar-refractivity contribution >= 4 is 17.8 Å². The van der Waals surface area contributed by atoms with Crippen LogP contribution in [0.5, 0.6) is 0 Å². The molecule has 0 aromatic carbocycles. The van der Waals surface area contributed by atoms with E-state index in [-0.39, 0.29) is 11.8 Å². The smallest absolute Gasteiger partial charge is 0.475 e. The normalized spacial score (nSPS) is 20.6. The molecule has 0 aliphatic carbocycles. The van der Waals surface area contributed by atoms with E-state index in [4.69, 9.17) is 9.90 Å². The second kappa shape index (κ2) is 8.64. The molecule has 8 nitrogen and oxygen atoms in total. The highest BCUT2D eigenvalue weighted by Crippen LogP contribution is 2.34. The van der Waals surface area contributed by atoms with Crippen LogP contribution >= 0.6 is 0 Å². The maximum atomic E-state index is 12.7. The van der Waals surface area contributed by atoms with Crippen molar-refractivity contribution in [2.45, 2.75) is 19.6 Å². The van der Waals surface area contributed by atoms with Crippen LogP contribution in [0.4, 0.5) is 19.1 Å². The Morgan fingerprint density at radius 2 is 1.83 bits per heavy atom. The first-order chi connectivity index (χ1) is 14.1. The quantitative estimate of drug-likeness (QED) is 0.805. The third-order valence-corrected chi connectivity index (χ3v) is 4.90. The molecule has 2 aliphatic rings. The summed E-state index contributed by atoms with van der Waals surface area (Å²) in [6.45, 7) is 4.93. The molecule has 1 N–H and O–H groups in total. The number of alkyl halides is 3. The number of fused-ring (bicyclic) bond motifs is 1. The molecule has 1 amide bonds. The van der Waals surface area contributed by atoms with Crippen LogP contribution in [0.15, 0.2) is 36.7 Å². The molecule has 2 aromatic heterocycles. The van der Waals surface area contributed by atoms with Crippen molar-refractivity contribution in [3.05, 3.63) is 48.0 Å². The first kappa shape index (κ1) is 21.5. The van der Waals surface area contributed by atoms with Gasteiger partial charge in [-0.15, -0.1) is 0 Å². The van der Waals surface area contributed by atoms with E-state index >= 15 is 0 Å². The highest BCUT2D eigenvalue weighted by atomic mass is 19.4. The molecule has 0 radical (unpaired) electrons. The number of amides is 1. The molecule has 2 saturated heterocycles. The predicted octanol–water partition coefficient (Wildman–Crippen LogP) is 1.91.